The lowest BCUT2D eigenvalue weighted by Gasteiger charge is -2.05. The average Bonchev–Trinajstić information content (AvgIpc) is 2.66. The molecule has 1 aromatic heterocycles. The van der Waals surface area contributed by atoms with Gasteiger partial charge in [-0.1, -0.05) is 23.9 Å². The number of benzene rings is 1. The van der Waals surface area contributed by atoms with E-state index >= 15 is 0 Å². The molecule has 18 heavy (non-hydrogen) atoms. The standard InChI is InChI=1S/C10H11NO4S3/c12-7(6-18(13,14)15)5-16-10-11-8-3-1-2-4-9(8)17-10/h1-4,7,12H,5-6H2,(H,13,14,15)/t7-/m1/s1. The van der Waals surface area contributed by atoms with Crippen LogP contribution in [-0.4, -0.2) is 40.7 Å². The van der Waals surface area contributed by atoms with Crippen molar-refractivity contribution >= 4 is 43.4 Å². The summed E-state index contributed by atoms with van der Waals surface area (Å²) in [7, 11) is -4.13. The lowest BCUT2D eigenvalue weighted by molar-refractivity contribution is 0.220. The van der Waals surface area contributed by atoms with Gasteiger partial charge in [-0.15, -0.1) is 11.3 Å². The number of aliphatic hydroxyl groups is 1. The van der Waals surface area contributed by atoms with Gasteiger partial charge in [0.1, 0.15) is 5.75 Å². The largest absolute Gasteiger partial charge is 0.391 e. The van der Waals surface area contributed by atoms with Gasteiger partial charge in [-0.3, -0.25) is 4.55 Å². The van der Waals surface area contributed by atoms with Crippen LogP contribution in [0.15, 0.2) is 28.6 Å². The van der Waals surface area contributed by atoms with Crippen molar-refractivity contribution in [2.24, 2.45) is 0 Å². The van der Waals surface area contributed by atoms with Crippen LogP contribution < -0.4 is 0 Å². The van der Waals surface area contributed by atoms with Crippen LogP contribution >= 0.6 is 23.1 Å². The van der Waals surface area contributed by atoms with Gasteiger partial charge in [-0.2, -0.15) is 8.42 Å². The molecule has 1 atom stereocenters. The molecule has 0 aliphatic heterocycles. The Bertz CT molecular complexity index is 604. The Kier molecular flexibility index (Phi) is 4.23. The highest BCUT2D eigenvalue weighted by molar-refractivity contribution is 8.01. The molecule has 2 rings (SSSR count). The third kappa shape index (κ3) is 3.92. The average molecular weight is 305 g/mol. The molecule has 0 aliphatic rings. The minimum atomic E-state index is -4.13. The molecule has 0 unspecified atom stereocenters. The smallest absolute Gasteiger partial charge is 0.267 e. The first-order chi connectivity index (χ1) is 8.44. The molecular weight excluding hydrogens is 294 g/mol. The van der Waals surface area contributed by atoms with Crippen LogP contribution in [0.4, 0.5) is 0 Å². The second kappa shape index (κ2) is 5.54. The first-order valence-corrected chi connectivity index (χ1v) is 8.47. The van der Waals surface area contributed by atoms with Crippen molar-refractivity contribution in [3.8, 4) is 0 Å². The predicted octanol–water partition coefficient (Wildman–Crippen LogP) is 1.64. The molecule has 2 N–H and O–H groups in total. The fourth-order valence-corrected chi connectivity index (χ4v) is 4.15. The van der Waals surface area contributed by atoms with Crippen molar-refractivity contribution in [1.29, 1.82) is 0 Å². The Labute approximate surface area is 113 Å². The summed E-state index contributed by atoms with van der Waals surface area (Å²) in [5.74, 6) is -0.468. The number of thiazole rings is 1. The second-order valence-corrected chi connectivity index (χ2v) is 7.46. The highest BCUT2D eigenvalue weighted by atomic mass is 32.2. The van der Waals surface area contributed by atoms with Crippen LogP contribution in [0.2, 0.25) is 0 Å². The summed E-state index contributed by atoms with van der Waals surface area (Å²) in [6, 6.07) is 7.65. The van der Waals surface area contributed by atoms with Gasteiger partial charge in [0.25, 0.3) is 10.1 Å². The Hall–Kier alpha value is -0.670. The number of aromatic nitrogens is 1. The summed E-state index contributed by atoms with van der Waals surface area (Å²) in [5, 5.41) is 9.44. The zero-order valence-electron chi connectivity index (χ0n) is 9.18. The van der Waals surface area contributed by atoms with Crippen LogP contribution in [-0.2, 0) is 10.1 Å². The summed E-state index contributed by atoms with van der Waals surface area (Å²) >= 11 is 2.76. The van der Waals surface area contributed by atoms with E-state index in [2.05, 4.69) is 4.98 Å². The van der Waals surface area contributed by atoms with Crippen molar-refractivity contribution in [3.63, 3.8) is 0 Å². The third-order valence-electron chi connectivity index (χ3n) is 2.08. The molecule has 2 aromatic rings. The van der Waals surface area contributed by atoms with Gasteiger partial charge >= 0.3 is 0 Å². The van der Waals surface area contributed by atoms with E-state index in [4.69, 9.17) is 4.55 Å². The maximum absolute atomic E-state index is 10.6. The van der Waals surface area contributed by atoms with Gasteiger partial charge in [-0.25, -0.2) is 4.98 Å². The maximum Gasteiger partial charge on any atom is 0.267 e. The quantitative estimate of drug-likeness (QED) is 0.645. The van der Waals surface area contributed by atoms with Crippen LogP contribution in [0.5, 0.6) is 0 Å². The fourth-order valence-electron chi connectivity index (χ4n) is 1.37. The fraction of sp³-hybridized carbons (Fsp3) is 0.300. The van der Waals surface area contributed by atoms with Crippen molar-refractivity contribution in [1.82, 2.24) is 4.98 Å². The molecule has 0 bridgehead atoms. The van der Waals surface area contributed by atoms with Gasteiger partial charge in [0.2, 0.25) is 0 Å². The van der Waals surface area contributed by atoms with Gasteiger partial charge < -0.3 is 5.11 Å². The number of nitrogens with zero attached hydrogens (tertiary/aromatic N) is 1. The van der Waals surface area contributed by atoms with Crippen molar-refractivity contribution in [2.75, 3.05) is 11.5 Å². The molecule has 0 fully saturated rings. The lowest BCUT2D eigenvalue weighted by atomic mass is 10.3. The zero-order chi connectivity index (χ0) is 13.2. The van der Waals surface area contributed by atoms with Crippen LogP contribution in [0, 0.1) is 0 Å². The van der Waals surface area contributed by atoms with Crippen molar-refractivity contribution in [3.05, 3.63) is 24.3 Å². The molecule has 0 saturated heterocycles. The van der Waals surface area contributed by atoms with Crippen molar-refractivity contribution < 1.29 is 18.1 Å². The van der Waals surface area contributed by atoms with Gasteiger partial charge in [0.15, 0.2) is 4.34 Å². The number of thioether (sulfide) groups is 1. The zero-order valence-corrected chi connectivity index (χ0v) is 11.6. The summed E-state index contributed by atoms with van der Waals surface area (Å²) in [4.78, 5) is 4.34. The molecule has 0 aliphatic carbocycles. The Morgan fingerprint density at radius 3 is 2.78 bits per heavy atom. The number of fused-ring (bicyclic) bond motifs is 1. The molecule has 8 heteroatoms. The SMILES string of the molecule is O=S(=O)(O)C[C@H](O)CSc1nc2ccccc2s1. The number of rotatable bonds is 5. The molecule has 0 saturated carbocycles. The van der Waals surface area contributed by atoms with E-state index in [-0.39, 0.29) is 5.75 Å². The summed E-state index contributed by atoms with van der Waals surface area (Å²) in [6.07, 6.45) is -1.10. The Balaban J connectivity index is 1.98. The number of hydrogen-bond donors (Lipinski definition) is 2. The molecule has 5 nitrogen and oxygen atoms in total. The van der Waals surface area contributed by atoms with Crippen LogP contribution in [0.1, 0.15) is 0 Å². The number of aliphatic hydroxyl groups excluding tert-OH is 1. The van der Waals surface area contributed by atoms with E-state index in [1.165, 1.54) is 23.1 Å². The van der Waals surface area contributed by atoms with E-state index in [0.29, 0.717) is 0 Å². The van der Waals surface area contributed by atoms with Gasteiger partial charge in [0, 0.05) is 5.75 Å². The maximum atomic E-state index is 10.6. The number of hydrogen-bond acceptors (Lipinski definition) is 6. The third-order valence-corrected chi connectivity index (χ3v) is 5.21. The molecule has 0 spiro atoms. The van der Waals surface area contributed by atoms with E-state index in [9.17, 15) is 13.5 Å². The highest BCUT2D eigenvalue weighted by Crippen LogP contribution is 2.29. The Morgan fingerprint density at radius 1 is 1.39 bits per heavy atom. The molecule has 1 aromatic carbocycles. The monoisotopic (exact) mass is 305 g/mol. The van der Waals surface area contributed by atoms with Crippen LogP contribution in [0.3, 0.4) is 0 Å². The second-order valence-electron chi connectivity index (χ2n) is 3.66. The minimum Gasteiger partial charge on any atom is -0.391 e. The molecule has 0 radical (unpaired) electrons. The molecule has 1 heterocycles. The van der Waals surface area contributed by atoms with Crippen molar-refractivity contribution in [2.45, 2.75) is 10.4 Å². The van der Waals surface area contributed by atoms with E-state index in [1.54, 1.807) is 0 Å². The lowest BCUT2D eigenvalue weighted by Crippen LogP contribution is -2.22. The van der Waals surface area contributed by atoms with E-state index in [1.807, 2.05) is 24.3 Å². The van der Waals surface area contributed by atoms with E-state index < -0.39 is 22.0 Å². The molecule has 0 amide bonds. The normalized spacial score (nSPS) is 13.9. The highest BCUT2D eigenvalue weighted by Gasteiger charge is 2.15. The van der Waals surface area contributed by atoms with Gasteiger partial charge in [-0.05, 0) is 12.1 Å². The molecular formula is C10H11NO4S3. The predicted molar refractivity (Wildman–Crippen MR) is 72.8 cm³/mol. The number of para-hydroxylation sites is 1. The Morgan fingerprint density at radius 2 is 2.11 bits per heavy atom. The summed E-state index contributed by atoms with van der Waals surface area (Å²) in [5.41, 5.74) is 0.884. The summed E-state index contributed by atoms with van der Waals surface area (Å²) in [6.45, 7) is 0. The van der Waals surface area contributed by atoms with Crippen LogP contribution in [0.25, 0.3) is 10.2 Å². The first-order valence-electron chi connectivity index (χ1n) is 5.05. The minimum absolute atomic E-state index is 0.180. The summed E-state index contributed by atoms with van der Waals surface area (Å²) < 4.78 is 31.5. The topological polar surface area (TPSA) is 87.5 Å². The first kappa shape index (κ1) is 13.8. The molecule has 98 valence electrons. The van der Waals surface area contributed by atoms with E-state index in [0.717, 1.165) is 14.6 Å². The van der Waals surface area contributed by atoms with Gasteiger partial charge in [0.05, 0.1) is 16.3 Å².